The maximum atomic E-state index is 13.7. The Hall–Kier alpha value is -3.74. The average Bonchev–Trinajstić information content (AvgIpc) is 3.32. The molecule has 7 nitrogen and oxygen atoms in total. The van der Waals surface area contributed by atoms with E-state index in [1.54, 1.807) is 14.2 Å². The SMILES string of the molecule is COc1ccc([C@@H]2C3=C(CN(C(C)=O)C3=O)Nc3cccc4c3c2cn4CCC(C)C)c(OC)c1. The van der Waals surface area contributed by atoms with Crippen LogP contribution in [0.3, 0.4) is 0 Å². The Morgan fingerprint density at radius 1 is 1.14 bits per heavy atom. The maximum Gasteiger partial charge on any atom is 0.259 e. The number of aryl methyl sites for hydroxylation is 1. The molecule has 2 aliphatic rings. The first-order chi connectivity index (χ1) is 16.8. The van der Waals surface area contributed by atoms with Gasteiger partial charge in [-0.1, -0.05) is 26.0 Å². The number of aromatic nitrogens is 1. The van der Waals surface area contributed by atoms with Gasteiger partial charge in [0.05, 0.1) is 31.9 Å². The fourth-order valence-electron chi connectivity index (χ4n) is 5.24. The molecule has 0 radical (unpaired) electrons. The van der Waals surface area contributed by atoms with Gasteiger partial charge in [0.25, 0.3) is 5.91 Å². The Balaban J connectivity index is 1.78. The highest BCUT2D eigenvalue weighted by Crippen LogP contribution is 2.49. The number of imide groups is 1. The second-order valence-electron chi connectivity index (χ2n) is 9.63. The molecular weight excluding hydrogens is 442 g/mol. The van der Waals surface area contributed by atoms with E-state index in [0.29, 0.717) is 23.0 Å². The molecule has 3 heterocycles. The van der Waals surface area contributed by atoms with Crippen molar-refractivity contribution in [2.24, 2.45) is 5.92 Å². The maximum absolute atomic E-state index is 13.7. The van der Waals surface area contributed by atoms with Gasteiger partial charge in [-0.2, -0.15) is 0 Å². The summed E-state index contributed by atoms with van der Waals surface area (Å²) in [4.78, 5) is 27.3. The summed E-state index contributed by atoms with van der Waals surface area (Å²) in [5.74, 6) is 0.948. The van der Waals surface area contributed by atoms with Crippen molar-refractivity contribution in [3.05, 3.63) is 65.0 Å². The third kappa shape index (κ3) is 3.75. The van der Waals surface area contributed by atoms with E-state index in [1.165, 1.54) is 11.8 Å². The molecule has 182 valence electrons. The lowest BCUT2D eigenvalue weighted by Gasteiger charge is -2.22. The molecule has 0 saturated heterocycles. The molecule has 0 saturated carbocycles. The minimum atomic E-state index is -0.401. The molecule has 5 rings (SSSR count). The number of methoxy groups -OCH3 is 2. The van der Waals surface area contributed by atoms with Crippen LogP contribution >= 0.6 is 0 Å². The van der Waals surface area contributed by atoms with E-state index in [2.05, 4.69) is 36.0 Å². The molecule has 0 bridgehead atoms. The lowest BCUT2D eigenvalue weighted by atomic mass is 9.84. The molecule has 7 heteroatoms. The summed E-state index contributed by atoms with van der Waals surface area (Å²) in [5.41, 5.74) is 5.30. The standard InChI is InChI=1S/C28H31N3O4/c1-16(2)11-12-30-14-20-25(19-10-9-18(34-4)13-24(19)35-5)27-22(15-31(17(3)32)28(27)33)29-21-7-6-8-23(30)26(20)21/h6-10,13-14,16,25,29H,11-12,15H2,1-5H3/t25-/m0/s1. The van der Waals surface area contributed by atoms with Crippen LogP contribution in [-0.2, 0) is 16.1 Å². The zero-order chi connectivity index (χ0) is 24.9. The first-order valence-electron chi connectivity index (χ1n) is 12.0. The Morgan fingerprint density at radius 2 is 1.94 bits per heavy atom. The molecule has 0 fully saturated rings. The number of nitrogens with zero attached hydrogens (tertiary/aromatic N) is 2. The van der Waals surface area contributed by atoms with Gasteiger partial charge in [0.1, 0.15) is 11.5 Å². The van der Waals surface area contributed by atoms with Crippen molar-refractivity contribution in [1.82, 2.24) is 9.47 Å². The fraction of sp³-hybridized carbons (Fsp3) is 0.357. The van der Waals surface area contributed by atoms with Gasteiger partial charge in [-0.05, 0) is 36.1 Å². The zero-order valence-corrected chi connectivity index (χ0v) is 20.8. The lowest BCUT2D eigenvalue weighted by molar-refractivity contribution is -0.139. The normalized spacial score (nSPS) is 17.0. The topological polar surface area (TPSA) is 72.8 Å². The van der Waals surface area contributed by atoms with E-state index in [0.717, 1.165) is 46.4 Å². The van der Waals surface area contributed by atoms with Gasteiger partial charge in [0, 0.05) is 54.0 Å². The Morgan fingerprint density at radius 3 is 2.63 bits per heavy atom. The van der Waals surface area contributed by atoms with Gasteiger partial charge in [-0.25, -0.2) is 0 Å². The van der Waals surface area contributed by atoms with E-state index in [1.807, 2.05) is 30.3 Å². The van der Waals surface area contributed by atoms with Gasteiger partial charge in [-0.3, -0.25) is 14.5 Å². The van der Waals surface area contributed by atoms with Crippen molar-refractivity contribution in [2.45, 2.75) is 39.7 Å². The predicted molar refractivity (Wildman–Crippen MR) is 136 cm³/mol. The zero-order valence-electron chi connectivity index (χ0n) is 20.8. The second-order valence-corrected chi connectivity index (χ2v) is 9.63. The number of rotatable bonds is 6. The highest BCUT2D eigenvalue weighted by molar-refractivity contribution is 6.11. The van der Waals surface area contributed by atoms with Crippen molar-refractivity contribution in [1.29, 1.82) is 0 Å². The van der Waals surface area contributed by atoms with Crippen LogP contribution in [0.15, 0.2) is 53.9 Å². The van der Waals surface area contributed by atoms with Crippen LogP contribution in [0.2, 0.25) is 0 Å². The molecular formula is C28H31N3O4. The van der Waals surface area contributed by atoms with Crippen LogP contribution in [0.5, 0.6) is 11.5 Å². The molecule has 1 atom stereocenters. The summed E-state index contributed by atoms with van der Waals surface area (Å²) >= 11 is 0. The van der Waals surface area contributed by atoms with Crippen LogP contribution in [0.4, 0.5) is 5.69 Å². The van der Waals surface area contributed by atoms with Crippen molar-refractivity contribution >= 4 is 28.4 Å². The number of ether oxygens (including phenoxy) is 2. The van der Waals surface area contributed by atoms with E-state index in [9.17, 15) is 9.59 Å². The number of carbonyl (C=O) groups is 2. The molecule has 1 N–H and O–H groups in total. The Labute approximate surface area is 205 Å². The van der Waals surface area contributed by atoms with E-state index in [4.69, 9.17) is 9.47 Å². The predicted octanol–water partition coefficient (Wildman–Crippen LogP) is 4.90. The summed E-state index contributed by atoms with van der Waals surface area (Å²) in [6.07, 6.45) is 3.22. The van der Waals surface area contributed by atoms with Gasteiger partial charge in [-0.15, -0.1) is 0 Å². The van der Waals surface area contributed by atoms with Gasteiger partial charge >= 0.3 is 0 Å². The Bertz CT molecular complexity index is 1370. The molecule has 2 amide bonds. The number of amides is 2. The van der Waals surface area contributed by atoms with Crippen LogP contribution < -0.4 is 14.8 Å². The third-order valence-corrected chi connectivity index (χ3v) is 7.02. The van der Waals surface area contributed by atoms with Crippen LogP contribution in [-0.4, -0.2) is 42.0 Å². The number of carbonyl (C=O) groups excluding carboxylic acids is 2. The van der Waals surface area contributed by atoms with E-state index in [-0.39, 0.29) is 18.4 Å². The number of nitrogens with one attached hydrogen (secondary N) is 1. The molecule has 3 aromatic rings. The Kier molecular flexibility index (Phi) is 5.79. The fourth-order valence-corrected chi connectivity index (χ4v) is 5.24. The number of anilines is 1. The smallest absolute Gasteiger partial charge is 0.259 e. The monoisotopic (exact) mass is 473 g/mol. The van der Waals surface area contributed by atoms with Gasteiger partial charge < -0.3 is 19.4 Å². The first kappa shape index (κ1) is 23.0. The quantitative estimate of drug-likeness (QED) is 0.551. The van der Waals surface area contributed by atoms with Crippen molar-refractivity contribution < 1.29 is 19.1 Å². The number of benzene rings is 2. The highest BCUT2D eigenvalue weighted by atomic mass is 16.5. The first-order valence-corrected chi connectivity index (χ1v) is 12.0. The molecule has 35 heavy (non-hydrogen) atoms. The molecule has 1 aromatic heterocycles. The highest BCUT2D eigenvalue weighted by Gasteiger charge is 2.42. The minimum absolute atomic E-state index is 0.229. The molecule has 2 aromatic carbocycles. The summed E-state index contributed by atoms with van der Waals surface area (Å²) in [7, 11) is 3.24. The third-order valence-electron chi connectivity index (χ3n) is 7.02. The summed E-state index contributed by atoms with van der Waals surface area (Å²) in [6, 6.07) is 11.9. The minimum Gasteiger partial charge on any atom is -0.497 e. The largest absolute Gasteiger partial charge is 0.497 e. The average molecular weight is 474 g/mol. The second kappa shape index (κ2) is 8.80. The molecule has 2 aliphatic heterocycles. The van der Waals surface area contributed by atoms with Gasteiger partial charge in [0.15, 0.2) is 0 Å². The van der Waals surface area contributed by atoms with Crippen LogP contribution in [0, 0.1) is 5.92 Å². The van der Waals surface area contributed by atoms with Crippen molar-refractivity contribution in [3.8, 4) is 11.5 Å². The summed E-state index contributed by atoms with van der Waals surface area (Å²) in [6.45, 7) is 6.98. The molecule has 0 unspecified atom stereocenters. The molecule has 0 spiro atoms. The van der Waals surface area contributed by atoms with Crippen molar-refractivity contribution in [3.63, 3.8) is 0 Å². The molecule has 0 aliphatic carbocycles. The van der Waals surface area contributed by atoms with E-state index >= 15 is 0 Å². The van der Waals surface area contributed by atoms with Crippen molar-refractivity contribution in [2.75, 3.05) is 26.1 Å². The summed E-state index contributed by atoms with van der Waals surface area (Å²) in [5, 5.41) is 4.62. The van der Waals surface area contributed by atoms with Gasteiger partial charge in [0.2, 0.25) is 5.91 Å². The lowest BCUT2D eigenvalue weighted by Crippen LogP contribution is -2.33. The van der Waals surface area contributed by atoms with Crippen LogP contribution in [0.1, 0.15) is 44.2 Å². The number of hydrogen-bond acceptors (Lipinski definition) is 5. The van der Waals surface area contributed by atoms with Crippen LogP contribution in [0.25, 0.3) is 10.9 Å². The number of hydrogen-bond donors (Lipinski definition) is 1. The summed E-state index contributed by atoms with van der Waals surface area (Å²) < 4.78 is 13.5. The van der Waals surface area contributed by atoms with E-state index < -0.39 is 5.92 Å².